The lowest BCUT2D eigenvalue weighted by Gasteiger charge is -2.26. The quantitative estimate of drug-likeness (QED) is 0.361. The van der Waals surface area contributed by atoms with Gasteiger partial charge in [-0.1, -0.05) is 51.8 Å². The van der Waals surface area contributed by atoms with E-state index in [2.05, 4.69) is 26.1 Å². The van der Waals surface area contributed by atoms with E-state index in [9.17, 15) is 14.4 Å². The molecule has 8 heteroatoms. The Labute approximate surface area is 209 Å². The molecule has 2 aliphatic rings. The molecule has 170 valence electrons. The Bertz CT molecular complexity index is 1350. The Kier molecular flexibility index (Phi) is 5.98. The molecule has 1 N–H and O–H groups in total. The molecule has 5 rings (SSSR count). The average molecular weight is 537 g/mol. The molecule has 6 nitrogen and oxygen atoms in total. The second-order valence-corrected chi connectivity index (χ2v) is 9.41. The summed E-state index contributed by atoms with van der Waals surface area (Å²) in [4.78, 5) is 41.2. The highest BCUT2D eigenvalue weighted by molar-refractivity contribution is 9.10. The van der Waals surface area contributed by atoms with Gasteiger partial charge < -0.3 is 4.90 Å². The van der Waals surface area contributed by atoms with Gasteiger partial charge in [0.05, 0.1) is 5.69 Å². The molecular weight excluding hydrogens is 518 g/mol. The molecular formula is C26H19BrClN3O3. The van der Waals surface area contributed by atoms with E-state index < -0.39 is 17.8 Å². The van der Waals surface area contributed by atoms with Gasteiger partial charge in [-0.2, -0.15) is 0 Å². The smallest absolute Gasteiger partial charge is 0.335 e. The van der Waals surface area contributed by atoms with Crippen molar-refractivity contribution >= 4 is 62.8 Å². The Morgan fingerprint density at radius 3 is 2.53 bits per heavy atom. The number of urea groups is 1. The van der Waals surface area contributed by atoms with E-state index in [0.717, 1.165) is 49.7 Å². The highest BCUT2D eigenvalue weighted by Gasteiger charge is 2.36. The zero-order valence-electron chi connectivity index (χ0n) is 17.9. The van der Waals surface area contributed by atoms with Crippen molar-refractivity contribution in [3.05, 3.63) is 98.5 Å². The van der Waals surface area contributed by atoms with Gasteiger partial charge in [0.25, 0.3) is 11.8 Å². The molecule has 1 saturated heterocycles. The van der Waals surface area contributed by atoms with Gasteiger partial charge in [-0.05, 0) is 71.7 Å². The summed E-state index contributed by atoms with van der Waals surface area (Å²) in [6.45, 7) is 1.56. The van der Waals surface area contributed by atoms with Crippen LogP contribution in [0.25, 0.3) is 6.08 Å². The third-order valence-corrected chi connectivity index (χ3v) is 6.81. The fraction of sp³-hybridized carbons (Fsp3) is 0.115. The second kappa shape index (κ2) is 9.08. The minimum Gasteiger partial charge on any atom is -0.367 e. The van der Waals surface area contributed by atoms with Crippen LogP contribution in [0, 0.1) is 0 Å². The Balaban J connectivity index is 1.41. The molecule has 4 amide bonds. The summed E-state index contributed by atoms with van der Waals surface area (Å²) in [6, 6.07) is 19.6. The second-order valence-electron chi connectivity index (χ2n) is 8.09. The van der Waals surface area contributed by atoms with Crippen LogP contribution in [0.3, 0.4) is 0 Å². The molecule has 1 fully saturated rings. The van der Waals surface area contributed by atoms with E-state index in [-0.39, 0.29) is 5.57 Å². The van der Waals surface area contributed by atoms with Crippen molar-refractivity contribution in [2.24, 2.45) is 0 Å². The number of halogens is 2. The number of nitrogens with zero attached hydrogens (tertiary/aromatic N) is 2. The van der Waals surface area contributed by atoms with Gasteiger partial charge in [-0.15, -0.1) is 0 Å². The predicted molar refractivity (Wildman–Crippen MR) is 136 cm³/mol. The maximum atomic E-state index is 13.1. The first-order chi connectivity index (χ1) is 16.4. The third kappa shape index (κ3) is 4.24. The van der Waals surface area contributed by atoms with Gasteiger partial charge in [0.2, 0.25) is 0 Å². The monoisotopic (exact) mass is 535 g/mol. The van der Waals surface area contributed by atoms with Crippen molar-refractivity contribution in [2.75, 3.05) is 16.3 Å². The number of hydrogen-bond acceptors (Lipinski definition) is 4. The molecule has 34 heavy (non-hydrogen) atoms. The van der Waals surface area contributed by atoms with Crippen LogP contribution in [0.5, 0.6) is 0 Å². The normalized spacial score (nSPS) is 16.8. The predicted octanol–water partition coefficient (Wildman–Crippen LogP) is 5.33. The first-order valence-corrected chi connectivity index (χ1v) is 11.9. The number of hydrogen-bond donors (Lipinski definition) is 1. The highest BCUT2D eigenvalue weighted by atomic mass is 79.9. The molecule has 0 bridgehead atoms. The van der Waals surface area contributed by atoms with Crippen molar-refractivity contribution in [2.45, 2.75) is 13.0 Å². The van der Waals surface area contributed by atoms with Gasteiger partial charge in [0.15, 0.2) is 0 Å². The molecule has 0 saturated carbocycles. The fourth-order valence-electron chi connectivity index (χ4n) is 4.23. The number of anilines is 2. The topological polar surface area (TPSA) is 69.7 Å². The molecule has 0 unspecified atom stereocenters. The van der Waals surface area contributed by atoms with Crippen molar-refractivity contribution < 1.29 is 14.4 Å². The number of amides is 4. The Morgan fingerprint density at radius 1 is 1.00 bits per heavy atom. The van der Waals surface area contributed by atoms with Crippen LogP contribution in [0.4, 0.5) is 16.2 Å². The van der Waals surface area contributed by atoms with Crippen LogP contribution < -0.4 is 15.1 Å². The number of fused-ring (bicyclic) bond motifs is 1. The maximum absolute atomic E-state index is 13.1. The summed E-state index contributed by atoms with van der Waals surface area (Å²) >= 11 is 9.67. The molecule has 0 aliphatic carbocycles. The van der Waals surface area contributed by atoms with Gasteiger partial charge in [0, 0.05) is 28.3 Å². The number of imide groups is 2. The van der Waals surface area contributed by atoms with Gasteiger partial charge in [0.1, 0.15) is 5.57 Å². The number of carbonyl (C=O) groups excluding carboxylic acids is 3. The highest BCUT2D eigenvalue weighted by Crippen LogP contribution is 2.32. The van der Waals surface area contributed by atoms with E-state index in [1.165, 1.54) is 6.08 Å². The van der Waals surface area contributed by atoms with E-state index in [1.54, 1.807) is 24.3 Å². The molecule has 3 aromatic rings. The number of barbiturate groups is 1. The average Bonchev–Trinajstić information content (AvgIpc) is 3.21. The minimum atomic E-state index is -0.765. The standard InChI is InChI=1S/C26H19BrClN3O3/c27-19-6-8-20(9-7-19)31-25(33)21(24(32)29-26(31)34)14-16-5-10-23-17(13-16)11-12-30(23)15-18-3-1-2-4-22(18)28/h1-10,13-14H,11-12,15H2,(H,29,32,34). The van der Waals surface area contributed by atoms with E-state index in [4.69, 9.17) is 11.6 Å². The fourth-order valence-corrected chi connectivity index (χ4v) is 4.68. The summed E-state index contributed by atoms with van der Waals surface area (Å²) < 4.78 is 0.815. The third-order valence-electron chi connectivity index (χ3n) is 5.91. The maximum Gasteiger partial charge on any atom is 0.335 e. The van der Waals surface area contributed by atoms with E-state index >= 15 is 0 Å². The molecule has 3 aromatic carbocycles. The van der Waals surface area contributed by atoms with Crippen molar-refractivity contribution in [3.8, 4) is 0 Å². The first kappa shape index (κ1) is 22.4. The number of rotatable bonds is 4. The molecule has 0 spiro atoms. The molecule has 0 atom stereocenters. The number of nitrogens with one attached hydrogen (secondary N) is 1. The molecule has 0 aromatic heterocycles. The van der Waals surface area contributed by atoms with Crippen molar-refractivity contribution in [3.63, 3.8) is 0 Å². The Hall–Kier alpha value is -3.42. The zero-order chi connectivity index (χ0) is 23.8. The lowest BCUT2D eigenvalue weighted by molar-refractivity contribution is -0.122. The lowest BCUT2D eigenvalue weighted by Crippen LogP contribution is -2.54. The minimum absolute atomic E-state index is 0.0895. The summed E-state index contributed by atoms with van der Waals surface area (Å²) in [6.07, 6.45) is 2.38. The van der Waals surface area contributed by atoms with Crippen LogP contribution in [0.2, 0.25) is 5.02 Å². The van der Waals surface area contributed by atoms with Crippen LogP contribution >= 0.6 is 27.5 Å². The van der Waals surface area contributed by atoms with Gasteiger partial charge in [-0.3, -0.25) is 14.9 Å². The molecule has 0 radical (unpaired) electrons. The first-order valence-electron chi connectivity index (χ1n) is 10.7. The summed E-state index contributed by atoms with van der Waals surface area (Å²) in [5, 5.41) is 3.00. The Morgan fingerprint density at radius 2 is 1.76 bits per heavy atom. The van der Waals surface area contributed by atoms with E-state index in [0.29, 0.717) is 12.2 Å². The van der Waals surface area contributed by atoms with Gasteiger partial charge in [-0.25, -0.2) is 9.69 Å². The molecule has 2 heterocycles. The lowest BCUT2D eigenvalue weighted by atomic mass is 10.0. The largest absolute Gasteiger partial charge is 0.367 e. The molecule has 2 aliphatic heterocycles. The van der Waals surface area contributed by atoms with Crippen LogP contribution in [0.1, 0.15) is 16.7 Å². The van der Waals surface area contributed by atoms with Crippen molar-refractivity contribution in [1.29, 1.82) is 0 Å². The van der Waals surface area contributed by atoms with Crippen LogP contribution in [0.15, 0.2) is 76.8 Å². The van der Waals surface area contributed by atoms with Crippen LogP contribution in [-0.4, -0.2) is 24.4 Å². The number of carbonyl (C=O) groups is 3. The summed E-state index contributed by atoms with van der Waals surface area (Å²) in [5.41, 5.74) is 4.31. The van der Waals surface area contributed by atoms with Gasteiger partial charge >= 0.3 is 6.03 Å². The number of benzene rings is 3. The van der Waals surface area contributed by atoms with Crippen molar-refractivity contribution in [1.82, 2.24) is 5.32 Å². The summed E-state index contributed by atoms with van der Waals surface area (Å²) in [7, 11) is 0. The van der Waals surface area contributed by atoms with Crippen LogP contribution in [-0.2, 0) is 22.6 Å². The SMILES string of the molecule is O=C1NC(=O)N(c2ccc(Br)cc2)C(=O)C1=Cc1ccc2c(c1)CCN2Cc1ccccc1Cl. The zero-order valence-corrected chi connectivity index (χ0v) is 20.3. The van der Waals surface area contributed by atoms with E-state index in [1.807, 2.05) is 42.5 Å². The summed E-state index contributed by atoms with van der Waals surface area (Å²) in [5.74, 6) is -1.36.